The molecule has 2 aromatic rings. The van der Waals surface area contributed by atoms with E-state index in [1.165, 1.54) is 0 Å². The predicted octanol–water partition coefficient (Wildman–Crippen LogP) is 5.49. The monoisotopic (exact) mass is 388 g/mol. The normalized spacial score (nSPS) is 14.5. The first-order chi connectivity index (χ1) is 12.0. The van der Waals surface area contributed by atoms with Gasteiger partial charge in [-0.3, -0.25) is 4.79 Å². The second-order valence-electron chi connectivity index (χ2n) is 5.59. The van der Waals surface area contributed by atoms with Crippen LogP contribution in [0.15, 0.2) is 58.5 Å². The zero-order valence-electron chi connectivity index (χ0n) is 13.9. The van der Waals surface area contributed by atoms with Gasteiger partial charge in [0.05, 0.1) is 10.7 Å². The second-order valence-corrected chi connectivity index (χ2v) is 7.49. The Kier molecular flexibility index (Phi) is 5.47. The minimum Gasteiger partial charge on any atom is -0.346 e. The first-order valence-electron chi connectivity index (χ1n) is 7.86. The average molecular weight is 389 g/mol. The van der Waals surface area contributed by atoms with E-state index < -0.39 is 0 Å². The van der Waals surface area contributed by atoms with Crippen LogP contribution in [0.2, 0.25) is 5.02 Å². The quantitative estimate of drug-likeness (QED) is 0.553. The highest BCUT2D eigenvalue weighted by Crippen LogP contribution is 2.46. The van der Waals surface area contributed by atoms with Crippen LogP contribution in [0, 0.1) is 0 Å². The number of carbonyl (C=O) groups is 1. The molecule has 128 valence electrons. The molecule has 0 fully saturated rings. The first-order valence-corrected chi connectivity index (χ1v) is 9.47. The van der Waals surface area contributed by atoms with Crippen molar-refractivity contribution < 1.29 is 4.79 Å². The number of nitrogens with one attached hydrogen (secondary N) is 1. The molecule has 1 aliphatic rings. The van der Waals surface area contributed by atoms with Crippen LogP contribution in [0.1, 0.15) is 19.4 Å². The lowest BCUT2D eigenvalue weighted by Crippen LogP contribution is -2.17. The van der Waals surface area contributed by atoms with Crippen molar-refractivity contribution in [3.8, 4) is 0 Å². The van der Waals surface area contributed by atoms with E-state index in [1.54, 1.807) is 24.8 Å². The van der Waals surface area contributed by atoms with Gasteiger partial charge in [-0.15, -0.1) is 0 Å². The van der Waals surface area contributed by atoms with E-state index in [4.69, 9.17) is 23.8 Å². The van der Waals surface area contributed by atoms with Crippen LogP contribution in [0.4, 0.5) is 11.4 Å². The summed E-state index contributed by atoms with van der Waals surface area (Å²) in [5.74, 6) is 0.0502. The molecular weight excluding hydrogens is 372 g/mol. The summed E-state index contributed by atoms with van der Waals surface area (Å²) < 4.78 is 0. The van der Waals surface area contributed by atoms with Crippen molar-refractivity contribution in [3.63, 3.8) is 0 Å². The molecule has 1 heterocycles. The Bertz CT molecular complexity index is 879. The number of benzene rings is 2. The lowest BCUT2D eigenvalue weighted by atomic mass is 10.2. The summed E-state index contributed by atoms with van der Waals surface area (Å²) in [6.07, 6.45) is 1.68. The summed E-state index contributed by atoms with van der Waals surface area (Å²) >= 11 is 13.1. The zero-order valence-corrected chi connectivity index (χ0v) is 16.3. The molecule has 1 aliphatic heterocycles. The van der Waals surface area contributed by atoms with Crippen molar-refractivity contribution in [3.05, 3.63) is 64.2 Å². The smallest absolute Gasteiger partial charge is 0.155 e. The van der Waals surface area contributed by atoms with Crippen LogP contribution in [-0.2, 0) is 4.79 Å². The van der Waals surface area contributed by atoms with Gasteiger partial charge < -0.3 is 10.2 Å². The molecule has 0 spiro atoms. The SMILES string of the molecule is CCN1/C(=C/C(C)=O)Sc2ccc(NC(=S)c3cccc(Cl)c3)cc21. The fraction of sp³-hybridized carbons (Fsp3) is 0.158. The molecule has 0 saturated carbocycles. The van der Waals surface area contributed by atoms with Gasteiger partial charge in [-0.2, -0.15) is 0 Å². The molecule has 25 heavy (non-hydrogen) atoms. The zero-order chi connectivity index (χ0) is 18.0. The summed E-state index contributed by atoms with van der Waals surface area (Å²) in [6, 6.07) is 13.6. The van der Waals surface area contributed by atoms with E-state index in [0.717, 1.165) is 33.4 Å². The third kappa shape index (κ3) is 4.06. The maximum Gasteiger partial charge on any atom is 0.155 e. The minimum atomic E-state index is 0.0502. The number of hydrogen-bond acceptors (Lipinski definition) is 4. The Morgan fingerprint density at radius 2 is 2.12 bits per heavy atom. The van der Waals surface area contributed by atoms with E-state index >= 15 is 0 Å². The molecule has 3 rings (SSSR count). The maximum atomic E-state index is 11.5. The van der Waals surface area contributed by atoms with Crippen molar-refractivity contribution in [2.75, 3.05) is 16.8 Å². The largest absolute Gasteiger partial charge is 0.346 e. The topological polar surface area (TPSA) is 32.3 Å². The number of carbonyl (C=O) groups excluding carboxylic acids is 1. The Morgan fingerprint density at radius 3 is 2.80 bits per heavy atom. The molecule has 0 atom stereocenters. The number of nitrogens with zero attached hydrogens (tertiary/aromatic N) is 1. The Morgan fingerprint density at radius 1 is 1.32 bits per heavy atom. The van der Waals surface area contributed by atoms with E-state index in [1.807, 2.05) is 36.4 Å². The van der Waals surface area contributed by atoms with Crippen LogP contribution >= 0.6 is 35.6 Å². The molecule has 0 amide bonds. The van der Waals surface area contributed by atoms with E-state index in [2.05, 4.69) is 23.2 Å². The summed E-state index contributed by atoms with van der Waals surface area (Å²) in [7, 11) is 0. The number of anilines is 2. The predicted molar refractivity (Wildman–Crippen MR) is 111 cm³/mol. The molecule has 0 aliphatic carbocycles. The first kappa shape index (κ1) is 18.0. The molecule has 1 N–H and O–H groups in total. The van der Waals surface area contributed by atoms with Crippen LogP contribution in [0.5, 0.6) is 0 Å². The number of thioether (sulfide) groups is 1. The standard InChI is InChI=1S/C19H17ClN2OS2/c1-3-22-16-11-15(7-8-17(16)25-18(22)9-12(2)23)21-19(24)13-5-4-6-14(20)10-13/h4-11H,3H2,1-2H3,(H,21,24)/b18-9-. The van der Waals surface area contributed by atoms with Crippen molar-refractivity contribution in [2.24, 2.45) is 0 Å². The molecule has 0 saturated heterocycles. The van der Waals surface area contributed by atoms with Gasteiger partial charge in [0.2, 0.25) is 0 Å². The minimum absolute atomic E-state index is 0.0502. The van der Waals surface area contributed by atoms with E-state index in [0.29, 0.717) is 10.0 Å². The lowest BCUT2D eigenvalue weighted by Gasteiger charge is -2.18. The fourth-order valence-corrected chi connectivity index (χ4v) is 4.25. The Hall–Kier alpha value is -1.82. The van der Waals surface area contributed by atoms with E-state index in [9.17, 15) is 4.79 Å². The Labute approximate surface area is 162 Å². The van der Waals surface area contributed by atoms with Crippen molar-refractivity contribution in [1.82, 2.24) is 0 Å². The van der Waals surface area contributed by atoms with Gasteiger partial charge in [-0.25, -0.2) is 0 Å². The number of ketones is 1. The number of thiocarbonyl (C=S) groups is 1. The molecule has 3 nitrogen and oxygen atoms in total. The van der Waals surface area contributed by atoms with Gasteiger partial charge in [0, 0.05) is 33.8 Å². The summed E-state index contributed by atoms with van der Waals surface area (Å²) in [5.41, 5.74) is 2.87. The van der Waals surface area contributed by atoms with Gasteiger partial charge >= 0.3 is 0 Å². The third-order valence-corrected chi connectivity index (χ3v) is 5.40. The van der Waals surface area contributed by atoms with Crippen LogP contribution in [-0.4, -0.2) is 17.3 Å². The average Bonchev–Trinajstić information content (AvgIpc) is 2.90. The lowest BCUT2D eigenvalue weighted by molar-refractivity contribution is -0.112. The highest BCUT2D eigenvalue weighted by molar-refractivity contribution is 8.03. The van der Waals surface area contributed by atoms with Gasteiger partial charge in [-0.1, -0.05) is 47.7 Å². The number of hydrogen-bond donors (Lipinski definition) is 1. The number of fused-ring (bicyclic) bond motifs is 1. The van der Waals surface area contributed by atoms with Gasteiger partial charge in [0.25, 0.3) is 0 Å². The number of rotatable bonds is 4. The highest BCUT2D eigenvalue weighted by Gasteiger charge is 2.24. The third-order valence-electron chi connectivity index (χ3n) is 3.72. The molecule has 0 bridgehead atoms. The van der Waals surface area contributed by atoms with Crippen LogP contribution in [0.25, 0.3) is 0 Å². The maximum absolute atomic E-state index is 11.5. The summed E-state index contributed by atoms with van der Waals surface area (Å²) in [5, 5.41) is 4.88. The second kappa shape index (κ2) is 7.60. The van der Waals surface area contributed by atoms with Gasteiger partial charge in [0.1, 0.15) is 4.99 Å². The molecule has 6 heteroatoms. The fourth-order valence-electron chi connectivity index (χ4n) is 2.62. The van der Waals surface area contributed by atoms with Gasteiger partial charge in [0.15, 0.2) is 5.78 Å². The van der Waals surface area contributed by atoms with Crippen LogP contribution in [0.3, 0.4) is 0 Å². The molecule has 0 unspecified atom stereocenters. The van der Waals surface area contributed by atoms with E-state index in [-0.39, 0.29) is 5.78 Å². The van der Waals surface area contributed by atoms with Gasteiger partial charge in [-0.05, 0) is 44.2 Å². The van der Waals surface area contributed by atoms with Crippen molar-refractivity contribution in [1.29, 1.82) is 0 Å². The van der Waals surface area contributed by atoms with Crippen molar-refractivity contribution >= 4 is 57.7 Å². The number of halogens is 1. The summed E-state index contributed by atoms with van der Waals surface area (Å²) in [6.45, 7) is 4.43. The molecule has 2 aromatic carbocycles. The van der Waals surface area contributed by atoms with Crippen molar-refractivity contribution in [2.45, 2.75) is 18.7 Å². The summed E-state index contributed by atoms with van der Waals surface area (Å²) in [4.78, 5) is 15.3. The Balaban J connectivity index is 1.85. The molecule has 0 radical (unpaired) electrons. The molecular formula is C19H17ClN2OS2. The molecule has 0 aromatic heterocycles. The highest BCUT2D eigenvalue weighted by atomic mass is 35.5. The van der Waals surface area contributed by atoms with Crippen LogP contribution < -0.4 is 10.2 Å². The number of allylic oxidation sites excluding steroid dienone is 1.